The van der Waals surface area contributed by atoms with Crippen LogP contribution < -0.4 is 11.4 Å². The van der Waals surface area contributed by atoms with Crippen molar-refractivity contribution in [2.24, 2.45) is 0 Å². The standard InChI is InChI=1S/C13H23N4O6P/c1-4-20-24(19,21-5-2)22-9-10-8-12(23-16(10)3)17-7-6-11(14)15-13(17)18/h6-7,10,12H,4-5,8-9H2,1-3H3,(H2,14,15,18)/t10-,12+/m1/s1. The molecule has 2 heterocycles. The Hall–Kier alpha value is -1.29. The summed E-state index contributed by atoms with van der Waals surface area (Å²) in [4.78, 5) is 21.2. The Balaban J connectivity index is 2.00. The predicted octanol–water partition coefficient (Wildman–Crippen LogP) is 1.16. The zero-order chi connectivity index (χ0) is 17.7. The van der Waals surface area contributed by atoms with Gasteiger partial charge in [0.15, 0.2) is 6.23 Å². The van der Waals surface area contributed by atoms with Gasteiger partial charge in [0.2, 0.25) is 0 Å². The second-order valence-electron chi connectivity index (χ2n) is 5.12. The molecule has 0 unspecified atom stereocenters. The Morgan fingerprint density at radius 1 is 1.38 bits per heavy atom. The zero-order valence-electron chi connectivity index (χ0n) is 14.0. The number of likely N-dealkylation sites (N-methyl/N-ethyl adjacent to an activating group) is 1. The summed E-state index contributed by atoms with van der Waals surface area (Å²) in [5, 5.41) is 1.55. The van der Waals surface area contributed by atoms with Gasteiger partial charge in [0.1, 0.15) is 5.82 Å². The number of nitrogens with zero attached hydrogens (tertiary/aromatic N) is 3. The molecule has 2 rings (SSSR count). The van der Waals surface area contributed by atoms with Crippen LogP contribution >= 0.6 is 7.82 Å². The van der Waals surface area contributed by atoms with Gasteiger partial charge < -0.3 is 5.73 Å². The van der Waals surface area contributed by atoms with E-state index in [2.05, 4.69) is 4.98 Å². The van der Waals surface area contributed by atoms with E-state index in [9.17, 15) is 9.36 Å². The van der Waals surface area contributed by atoms with E-state index in [4.69, 9.17) is 24.1 Å². The van der Waals surface area contributed by atoms with E-state index < -0.39 is 19.7 Å². The summed E-state index contributed by atoms with van der Waals surface area (Å²) in [7, 11) is -1.88. The van der Waals surface area contributed by atoms with Gasteiger partial charge in [-0.15, -0.1) is 0 Å². The molecular formula is C13H23N4O6P. The minimum atomic E-state index is -3.59. The second-order valence-corrected chi connectivity index (χ2v) is 6.79. The molecule has 0 aliphatic carbocycles. The topological polar surface area (TPSA) is 118 Å². The first-order valence-electron chi connectivity index (χ1n) is 7.66. The van der Waals surface area contributed by atoms with E-state index in [0.717, 1.165) is 0 Å². The van der Waals surface area contributed by atoms with Gasteiger partial charge in [0.05, 0.1) is 25.9 Å². The molecule has 2 N–H and O–H groups in total. The van der Waals surface area contributed by atoms with Gasteiger partial charge in [0.25, 0.3) is 0 Å². The van der Waals surface area contributed by atoms with E-state index >= 15 is 0 Å². The lowest BCUT2D eigenvalue weighted by Gasteiger charge is -2.21. The lowest BCUT2D eigenvalue weighted by Crippen LogP contribution is -2.28. The van der Waals surface area contributed by atoms with Crippen molar-refractivity contribution in [2.75, 3.05) is 32.6 Å². The highest BCUT2D eigenvalue weighted by atomic mass is 31.2. The van der Waals surface area contributed by atoms with Gasteiger partial charge in [-0.25, -0.2) is 9.36 Å². The van der Waals surface area contributed by atoms with Crippen LogP contribution in [0.4, 0.5) is 5.82 Å². The number of aromatic nitrogens is 2. The Morgan fingerprint density at radius 3 is 2.62 bits per heavy atom. The lowest BCUT2D eigenvalue weighted by molar-refractivity contribution is -0.170. The molecule has 1 aromatic rings. The molecule has 1 fully saturated rings. The zero-order valence-corrected chi connectivity index (χ0v) is 14.8. The highest BCUT2D eigenvalue weighted by molar-refractivity contribution is 7.48. The number of nitrogens with two attached hydrogens (primary N) is 1. The molecule has 11 heteroatoms. The molecular weight excluding hydrogens is 339 g/mol. The summed E-state index contributed by atoms with van der Waals surface area (Å²) >= 11 is 0. The van der Waals surface area contributed by atoms with Crippen LogP contribution in [-0.2, 0) is 23.0 Å². The Kier molecular flexibility index (Phi) is 6.50. The monoisotopic (exact) mass is 362 g/mol. The largest absolute Gasteiger partial charge is 0.474 e. The number of hydrogen-bond acceptors (Lipinski definition) is 9. The van der Waals surface area contributed by atoms with E-state index in [-0.39, 0.29) is 31.7 Å². The van der Waals surface area contributed by atoms with Crippen molar-refractivity contribution in [1.82, 2.24) is 14.6 Å². The Bertz CT molecular complexity index is 644. The average Bonchev–Trinajstić information content (AvgIpc) is 2.86. The Morgan fingerprint density at radius 2 is 2.04 bits per heavy atom. The molecule has 1 aromatic heterocycles. The molecule has 0 aromatic carbocycles. The van der Waals surface area contributed by atoms with E-state index in [0.29, 0.717) is 6.42 Å². The molecule has 0 radical (unpaired) electrons. The fraction of sp³-hybridized carbons (Fsp3) is 0.692. The van der Waals surface area contributed by atoms with Crippen molar-refractivity contribution in [2.45, 2.75) is 32.5 Å². The number of rotatable bonds is 8. The third-order valence-corrected chi connectivity index (χ3v) is 5.05. The number of hydroxylamine groups is 2. The molecule has 136 valence electrons. The lowest BCUT2D eigenvalue weighted by atomic mass is 10.2. The molecule has 1 aliphatic rings. The van der Waals surface area contributed by atoms with Crippen LogP contribution in [0, 0.1) is 0 Å². The van der Waals surface area contributed by atoms with Crippen molar-refractivity contribution in [3.05, 3.63) is 22.7 Å². The average molecular weight is 362 g/mol. The highest BCUT2D eigenvalue weighted by Gasteiger charge is 2.36. The molecule has 0 bridgehead atoms. The first-order valence-corrected chi connectivity index (χ1v) is 9.12. The molecule has 1 aliphatic heterocycles. The van der Waals surface area contributed by atoms with Crippen LogP contribution in [0.1, 0.15) is 26.5 Å². The van der Waals surface area contributed by atoms with Crippen LogP contribution in [0.2, 0.25) is 0 Å². The molecule has 1 saturated heterocycles. The third kappa shape index (κ3) is 4.62. The summed E-state index contributed by atoms with van der Waals surface area (Å²) in [6, 6.07) is 1.29. The van der Waals surface area contributed by atoms with Crippen LogP contribution in [0.3, 0.4) is 0 Å². The summed E-state index contributed by atoms with van der Waals surface area (Å²) in [6.45, 7) is 3.90. The van der Waals surface area contributed by atoms with Gasteiger partial charge in [0, 0.05) is 19.7 Å². The van der Waals surface area contributed by atoms with Gasteiger partial charge >= 0.3 is 13.5 Å². The van der Waals surface area contributed by atoms with Gasteiger partial charge in [-0.2, -0.15) is 10.0 Å². The molecule has 2 atom stereocenters. The van der Waals surface area contributed by atoms with Crippen LogP contribution in [0.5, 0.6) is 0 Å². The number of phosphoric acid groups is 1. The van der Waals surface area contributed by atoms with Crippen molar-refractivity contribution < 1.29 is 23.0 Å². The van der Waals surface area contributed by atoms with Crippen LogP contribution in [0.25, 0.3) is 0 Å². The Labute approximate surface area is 140 Å². The van der Waals surface area contributed by atoms with Crippen molar-refractivity contribution in [3.63, 3.8) is 0 Å². The maximum Gasteiger partial charge on any atom is 0.474 e. The predicted molar refractivity (Wildman–Crippen MR) is 86.0 cm³/mol. The number of hydrogen-bond donors (Lipinski definition) is 1. The maximum atomic E-state index is 12.3. The summed E-state index contributed by atoms with van der Waals surface area (Å²) in [5.74, 6) is 0.150. The maximum absolute atomic E-state index is 12.3. The van der Waals surface area contributed by atoms with Gasteiger partial charge in [-0.1, -0.05) is 0 Å². The first kappa shape index (κ1) is 19.0. The second kappa shape index (κ2) is 8.19. The van der Waals surface area contributed by atoms with E-state index in [1.165, 1.54) is 16.8 Å². The van der Waals surface area contributed by atoms with Crippen LogP contribution in [0.15, 0.2) is 17.1 Å². The first-order chi connectivity index (χ1) is 11.4. The van der Waals surface area contributed by atoms with E-state index in [1.807, 2.05) is 0 Å². The molecule has 0 spiro atoms. The SMILES string of the molecule is CCOP(=O)(OCC)OC[C@H]1C[C@@H](n2ccc(N)nc2=O)ON1C. The quantitative estimate of drug-likeness (QED) is 0.679. The normalized spacial score (nSPS) is 22.1. The van der Waals surface area contributed by atoms with Gasteiger partial charge in [-0.05, 0) is 19.9 Å². The fourth-order valence-corrected chi connectivity index (χ4v) is 3.50. The number of phosphoric ester groups is 1. The highest BCUT2D eigenvalue weighted by Crippen LogP contribution is 2.49. The van der Waals surface area contributed by atoms with Crippen LogP contribution in [-0.4, -0.2) is 47.5 Å². The van der Waals surface area contributed by atoms with Gasteiger partial charge in [-0.3, -0.25) is 23.0 Å². The van der Waals surface area contributed by atoms with Crippen molar-refractivity contribution >= 4 is 13.6 Å². The summed E-state index contributed by atoms with van der Waals surface area (Å²) < 4.78 is 29.2. The third-order valence-electron chi connectivity index (χ3n) is 3.44. The number of nitrogen functional groups attached to an aromatic ring is 1. The summed E-state index contributed by atoms with van der Waals surface area (Å²) in [5.41, 5.74) is 4.98. The smallest absolute Gasteiger partial charge is 0.383 e. The molecule has 24 heavy (non-hydrogen) atoms. The van der Waals surface area contributed by atoms with Crippen molar-refractivity contribution in [1.29, 1.82) is 0 Å². The minimum Gasteiger partial charge on any atom is -0.383 e. The minimum absolute atomic E-state index is 0.0709. The van der Waals surface area contributed by atoms with E-state index in [1.54, 1.807) is 26.0 Å². The molecule has 10 nitrogen and oxygen atoms in total. The van der Waals surface area contributed by atoms with Crippen molar-refractivity contribution in [3.8, 4) is 0 Å². The number of anilines is 1. The summed E-state index contributed by atoms with van der Waals surface area (Å²) in [6.07, 6.45) is 1.43. The fourth-order valence-electron chi connectivity index (χ4n) is 2.29. The molecule has 0 saturated carbocycles. The molecule has 0 amide bonds.